The maximum absolute atomic E-state index is 12.2. The minimum Gasteiger partial charge on any atom is -0.396 e. The van der Waals surface area contributed by atoms with Gasteiger partial charge in [-0.3, -0.25) is 4.79 Å². The van der Waals surface area contributed by atoms with Crippen LogP contribution in [0.25, 0.3) is 10.2 Å². The fraction of sp³-hybridized carbons (Fsp3) is 0.529. The van der Waals surface area contributed by atoms with E-state index in [-0.39, 0.29) is 24.3 Å². The molecule has 1 aromatic carbocycles. The molecule has 0 aliphatic carbocycles. The first-order valence-corrected chi connectivity index (χ1v) is 8.98. The molecule has 2 aromatic rings. The second kappa shape index (κ2) is 7.27. The number of aliphatic hydroxyl groups excluding tert-OH is 1. The Morgan fingerprint density at radius 3 is 2.87 bits per heavy atom. The van der Waals surface area contributed by atoms with Crippen LogP contribution >= 0.6 is 11.3 Å². The van der Waals surface area contributed by atoms with Crippen molar-refractivity contribution >= 4 is 32.6 Å². The minimum atomic E-state index is 0.0755. The van der Waals surface area contributed by atoms with Gasteiger partial charge in [-0.25, -0.2) is 4.98 Å². The normalized spacial score (nSPS) is 17.4. The molecule has 1 aromatic heterocycles. The monoisotopic (exact) mass is 333 g/mol. The van der Waals surface area contributed by atoms with Gasteiger partial charge in [0.1, 0.15) is 0 Å². The summed E-state index contributed by atoms with van der Waals surface area (Å²) in [6.45, 7) is 4.32. The molecule has 0 saturated carbocycles. The molecule has 1 atom stereocenters. The van der Waals surface area contributed by atoms with E-state index >= 15 is 0 Å². The van der Waals surface area contributed by atoms with Gasteiger partial charge in [0, 0.05) is 32.2 Å². The summed E-state index contributed by atoms with van der Waals surface area (Å²) >= 11 is 1.72. The Morgan fingerprint density at radius 1 is 1.43 bits per heavy atom. The number of carbonyl (C=O) groups is 1. The SMILES string of the molecule is CC(CO)CNC(=O)C1CCN(c2nc3ccccc3s2)CC1. The van der Waals surface area contributed by atoms with Crippen molar-refractivity contribution < 1.29 is 9.90 Å². The second-order valence-corrected chi connectivity index (χ2v) is 7.27. The van der Waals surface area contributed by atoms with Gasteiger partial charge in [-0.15, -0.1) is 0 Å². The Balaban J connectivity index is 1.54. The Bertz CT molecular complexity index is 632. The average Bonchev–Trinajstić information content (AvgIpc) is 3.03. The van der Waals surface area contributed by atoms with Crippen molar-refractivity contribution in [3.05, 3.63) is 24.3 Å². The smallest absolute Gasteiger partial charge is 0.223 e. The number of aliphatic hydroxyl groups is 1. The van der Waals surface area contributed by atoms with Crippen LogP contribution in [0.5, 0.6) is 0 Å². The molecule has 1 unspecified atom stereocenters. The number of nitrogens with zero attached hydrogens (tertiary/aromatic N) is 2. The molecule has 6 heteroatoms. The van der Waals surface area contributed by atoms with Crippen LogP contribution in [0.2, 0.25) is 0 Å². The van der Waals surface area contributed by atoms with E-state index in [4.69, 9.17) is 10.1 Å². The van der Waals surface area contributed by atoms with Crippen LogP contribution in [0.3, 0.4) is 0 Å². The van der Waals surface area contributed by atoms with Crippen LogP contribution in [0.4, 0.5) is 5.13 Å². The first kappa shape index (κ1) is 16.2. The lowest BCUT2D eigenvalue weighted by Crippen LogP contribution is -2.41. The maximum Gasteiger partial charge on any atom is 0.223 e. The quantitative estimate of drug-likeness (QED) is 0.881. The highest BCUT2D eigenvalue weighted by Crippen LogP contribution is 2.31. The zero-order valence-corrected chi connectivity index (χ0v) is 14.2. The van der Waals surface area contributed by atoms with Gasteiger partial charge in [-0.1, -0.05) is 30.4 Å². The van der Waals surface area contributed by atoms with Crippen molar-refractivity contribution in [1.29, 1.82) is 0 Å². The summed E-state index contributed by atoms with van der Waals surface area (Å²) in [5.41, 5.74) is 1.05. The fourth-order valence-corrected chi connectivity index (χ4v) is 3.83. The number of nitrogens with one attached hydrogen (secondary N) is 1. The molecule has 23 heavy (non-hydrogen) atoms. The third-order valence-electron chi connectivity index (χ3n) is 4.36. The van der Waals surface area contributed by atoms with Crippen molar-refractivity contribution in [3.8, 4) is 0 Å². The molecule has 1 fully saturated rings. The molecule has 1 aliphatic rings. The predicted octanol–water partition coefficient (Wildman–Crippen LogP) is 2.26. The van der Waals surface area contributed by atoms with E-state index in [1.165, 1.54) is 4.70 Å². The Labute approximate surface area is 140 Å². The van der Waals surface area contributed by atoms with Crippen LogP contribution in [-0.4, -0.2) is 42.2 Å². The molecule has 1 amide bonds. The molecule has 1 saturated heterocycles. The molecule has 5 nitrogen and oxygen atoms in total. The third kappa shape index (κ3) is 3.82. The van der Waals surface area contributed by atoms with E-state index < -0.39 is 0 Å². The molecule has 2 N–H and O–H groups in total. The lowest BCUT2D eigenvalue weighted by atomic mass is 9.96. The number of fused-ring (bicyclic) bond motifs is 1. The molecule has 0 bridgehead atoms. The third-order valence-corrected chi connectivity index (χ3v) is 5.45. The number of para-hydroxylation sites is 1. The van der Waals surface area contributed by atoms with Gasteiger partial charge in [0.05, 0.1) is 10.2 Å². The van der Waals surface area contributed by atoms with Gasteiger partial charge in [0.2, 0.25) is 5.91 Å². The number of aromatic nitrogens is 1. The van der Waals surface area contributed by atoms with Crippen molar-refractivity contribution in [2.45, 2.75) is 19.8 Å². The topological polar surface area (TPSA) is 65.5 Å². The first-order chi connectivity index (χ1) is 11.2. The standard InChI is InChI=1S/C17H23N3O2S/c1-12(11-21)10-18-16(22)13-6-8-20(9-7-13)17-19-14-4-2-3-5-15(14)23-17/h2-5,12-13,21H,6-11H2,1H3,(H,18,22). The van der Waals surface area contributed by atoms with E-state index in [0.717, 1.165) is 36.6 Å². The summed E-state index contributed by atoms with van der Waals surface area (Å²) in [5.74, 6) is 0.308. The number of piperidine rings is 1. The molecule has 1 aliphatic heterocycles. The summed E-state index contributed by atoms with van der Waals surface area (Å²) in [5, 5.41) is 13.0. The molecule has 3 rings (SSSR count). The van der Waals surface area contributed by atoms with E-state index in [0.29, 0.717) is 6.54 Å². The highest BCUT2D eigenvalue weighted by molar-refractivity contribution is 7.22. The van der Waals surface area contributed by atoms with E-state index in [9.17, 15) is 4.79 Å². The summed E-state index contributed by atoms with van der Waals surface area (Å²) in [6.07, 6.45) is 1.71. The largest absolute Gasteiger partial charge is 0.396 e. The Kier molecular flexibility index (Phi) is 5.13. The number of rotatable bonds is 5. The fourth-order valence-electron chi connectivity index (χ4n) is 2.81. The van der Waals surface area contributed by atoms with Gasteiger partial charge in [0.15, 0.2) is 5.13 Å². The van der Waals surface area contributed by atoms with Crippen LogP contribution in [0.15, 0.2) is 24.3 Å². The van der Waals surface area contributed by atoms with Crippen molar-refractivity contribution in [2.75, 3.05) is 31.1 Å². The van der Waals surface area contributed by atoms with E-state index in [1.54, 1.807) is 11.3 Å². The number of carbonyl (C=O) groups excluding carboxylic acids is 1. The van der Waals surface area contributed by atoms with E-state index in [1.807, 2.05) is 25.1 Å². The van der Waals surface area contributed by atoms with Crippen LogP contribution < -0.4 is 10.2 Å². The van der Waals surface area contributed by atoms with E-state index in [2.05, 4.69) is 16.3 Å². The summed E-state index contributed by atoms with van der Waals surface area (Å²) in [6, 6.07) is 8.18. The number of anilines is 1. The number of thiazole rings is 1. The highest BCUT2D eigenvalue weighted by atomic mass is 32.1. The van der Waals surface area contributed by atoms with Crippen molar-refractivity contribution in [1.82, 2.24) is 10.3 Å². The molecular weight excluding hydrogens is 310 g/mol. The van der Waals surface area contributed by atoms with Crippen LogP contribution in [0, 0.1) is 11.8 Å². The average molecular weight is 333 g/mol. The van der Waals surface area contributed by atoms with Gasteiger partial charge < -0.3 is 15.3 Å². The molecule has 2 heterocycles. The lowest BCUT2D eigenvalue weighted by Gasteiger charge is -2.31. The highest BCUT2D eigenvalue weighted by Gasteiger charge is 2.26. The number of hydrogen-bond acceptors (Lipinski definition) is 5. The molecule has 0 radical (unpaired) electrons. The molecule has 0 spiro atoms. The zero-order chi connectivity index (χ0) is 16.2. The molecular formula is C17H23N3O2S. The molecule has 124 valence electrons. The second-order valence-electron chi connectivity index (χ2n) is 6.26. The Hall–Kier alpha value is -1.66. The van der Waals surface area contributed by atoms with Gasteiger partial charge in [-0.2, -0.15) is 0 Å². The summed E-state index contributed by atoms with van der Waals surface area (Å²) in [4.78, 5) is 19.2. The van der Waals surface area contributed by atoms with Gasteiger partial charge in [-0.05, 0) is 30.9 Å². The predicted molar refractivity (Wildman–Crippen MR) is 93.8 cm³/mol. The first-order valence-electron chi connectivity index (χ1n) is 8.16. The van der Waals surface area contributed by atoms with Crippen LogP contribution in [-0.2, 0) is 4.79 Å². The van der Waals surface area contributed by atoms with Crippen molar-refractivity contribution in [3.63, 3.8) is 0 Å². The van der Waals surface area contributed by atoms with Gasteiger partial charge >= 0.3 is 0 Å². The minimum absolute atomic E-state index is 0.0755. The summed E-state index contributed by atoms with van der Waals surface area (Å²) < 4.78 is 1.21. The van der Waals surface area contributed by atoms with Gasteiger partial charge in [0.25, 0.3) is 0 Å². The summed E-state index contributed by atoms with van der Waals surface area (Å²) in [7, 11) is 0. The zero-order valence-electron chi connectivity index (χ0n) is 13.4. The van der Waals surface area contributed by atoms with Crippen LogP contribution in [0.1, 0.15) is 19.8 Å². The number of hydrogen-bond donors (Lipinski definition) is 2. The number of amides is 1. The van der Waals surface area contributed by atoms with Crippen molar-refractivity contribution in [2.24, 2.45) is 11.8 Å². The maximum atomic E-state index is 12.2. The lowest BCUT2D eigenvalue weighted by molar-refractivity contribution is -0.125. The number of benzene rings is 1. The Morgan fingerprint density at radius 2 is 2.17 bits per heavy atom.